The van der Waals surface area contributed by atoms with Gasteiger partial charge in [-0.3, -0.25) is 24.0 Å². The number of amides is 5. The summed E-state index contributed by atoms with van der Waals surface area (Å²) in [6.45, 7) is 13.6. The number of hydrogen-bond acceptors (Lipinski definition) is 13. The zero-order valence-electron chi connectivity index (χ0n) is 37.3. The van der Waals surface area contributed by atoms with Gasteiger partial charge in [-0.05, 0) is 145 Å². The number of unbranched alkanes of at least 4 members (excludes halogenated alkanes) is 2. The molecule has 14 N–H and O–H groups in total. The van der Waals surface area contributed by atoms with Gasteiger partial charge in [0.1, 0.15) is 24.2 Å². The molecule has 2 aliphatic heterocycles. The van der Waals surface area contributed by atoms with Gasteiger partial charge in [0.15, 0.2) is 6.17 Å². The Morgan fingerprint density at radius 2 is 1.50 bits per heavy atom. The van der Waals surface area contributed by atoms with Gasteiger partial charge in [0, 0.05) is 5.56 Å². The van der Waals surface area contributed by atoms with E-state index in [2.05, 4.69) is 52.3 Å². The Kier molecular flexibility index (Phi) is 17.3. The van der Waals surface area contributed by atoms with E-state index in [9.17, 15) is 29.1 Å². The molecular formula is C43H73BN10O8. The highest BCUT2D eigenvalue weighted by molar-refractivity contribution is 6.47. The molecule has 0 radical (unpaired) electrons. The number of aliphatic hydroxyl groups excluding tert-OH is 1. The van der Waals surface area contributed by atoms with Crippen LogP contribution in [0.3, 0.4) is 0 Å². The smallest absolute Gasteiger partial charge is 0.403 e. The molecule has 2 bridgehead atoms. The summed E-state index contributed by atoms with van der Waals surface area (Å²) in [6.07, 6.45) is 4.39. The summed E-state index contributed by atoms with van der Waals surface area (Å²) in [5.74, 6) is -2.52. The van der Waals surface area contributed by atoms with Crippen LogP contribution < -0.4 is 49.5 Å². The number of carbonyl (C=O) groups excluding carboxylic acids is 5. The molecule has 5 aliphatic rings. The number of carbonyl (C=O) groups is 5. The molecular weight excluding hydrogens is 795 g/mol. The molecule has 3 saturated carbocycles. The number of likely N-dealkylation sites (tertiary alicyclic amines) is 1. The molecule has 346 valence electrons. The number of nitrogens with one attached hydrogen (secondary N) is 5. The van der Waals surface area contributed by atoms with Crippen molar-refractivity contribution in [3.05, 3.63) is 35.4 Å². The lowest BCUT2D eigenvalue weighted by Gasteiger charge is -2.64. The average molecular weight is 869 g/mol. The molecule has 2 saturated heterocycles. The lowest BCUT2D eigenvalue weighted by atomic mass is 9.43. The number of nitrogens with two attached hydrogens (primary N) is 4. The summed E-state index contributed by atoms with van der Waals surface area (Å²) in [7, 11) is -0.892. The van der Waals surface area contributed by atoms with E-state index in [1.54, 1.807) is 12.1 Å². The first kappa shape index (κ1) is 49.3. The quantitative estimate of drug-likeness (QED) is 0.0406. The van der Waals surface area contributed by atoms with E-state index in [1.165, 1.54) is 19.8 Å². The highest BCUT2D eigenvalue weighted by Crippen LogP contribution is 2.65. The topological polar surface area (TPSA) is 292 Å². The van der Waals surface area contributed by atoms with Gasteiger partial charge in [-0.2, -0.15) is 0 Å². The van der Waals surface area contributed by atoms with Crippen molar-refractivity contribution in [3.8, 4) is 0 Å². The minimum absolute atomic E-state index is 0.0373. The maximum atomic E-state index is 13.6. The van der Waals surface area contributed by atoms with Gasteiger partial charge in [0.05, 0.1) is 17.8 Å². The zero-order chi connectivity index (χ0) is 45.4. The standard InChI is InChI=1S/C43H73BN10O8/c1-6-7-20-54-21-16-27(17-22-54)26-11-13-28(14-12-26)36(56)49-31(15-19-46)37(57)51-34(25(2)55)39(59)52-35(47)40(60)50-30(10-8-9-18-45)38(58)53-41(48)44-61-33-24-29-23-32(42(29,3)4)43(33,5)62-44/h11-14,25,27,29-35,41,55H,6-10,15-24,45-48H2,1-5H3,(H,49,56)(H,50,60)(H,51,57)(H,52,59)(H,53,58)/t25-,29+,30+,31+,32+,33?,34+,35-,41-,43+/m1/s1. The number of benzene rings is 1. The molecule has 5 amide bonds. The molecule has 3 aliphatic carbocycles. The molecule has 1 aromatic carbocycles. The lowest BCUT2D eigenvalue weighted by molar-refractivity contribution is -0.199. The van der Waals surface area contributed by atoms with Crippen molar-refractivity contribution in [3.63, 3.8) is 0 Å². The molecule has 18 nitrogen and oxygen atoms in total. The second kappa shape index (κ2) is 21.8. The molecule has 10 atom stereocenters. The fourth-order valence-electron chi connectivity index (χ4n) is 9.83. The van der Waals surface area contributed by atoms with Crippen LogP contribution in [0, 0.1) is 17.3 Å². The van der Waals surface area contributed by atoms with Crippen LogP contribution in [0.15, 0.2) is 24.3 Å². The maximum Gasteiger partial charge on any atom is 0.497 e. The Morgan fingerprint density at radius 1 is 0.839 bits per heavy atom. The fourth-order valence-corrected chi connectivity index (χ4v) is 9.83. The van der Waals surface area contributed by atoms with Gasteiger partial charge in [-0.25, -0.2) is 0 Å². The minimum atomic E-state index is -1.69. The van der Waals surface area contributed by atoms with E-state index in [0.717, 1.165) is 50.9 Å². The Hall–Kier alpha value is -3.69. The van der Waals surface area contributed by atoms with Crippen LogP contribution >= 0.6 is 0 Å². The van der Waals surface area contributed by atoms with Gasteiger partial charge in [0.25, 0.3) is 11.8 Å². The van der Waals surface area contributed by atoms with Crippen molar-refractivity contribution in [1.29, 1.82) is 0 Å². The first-order valence-corrected chi connectivity index (χ1v) is 22.7. The van der Waals surface area contributed by atoms with E-state index in [0.29, 0.717) is 42.7 Å². The first-order chi connectivity index (χ1) is 29.4. The molecule has 1 unspecified atom stereocenters. The molecule has 0 spiro atoms. The third-order valence-corrected chi connectivity index (χ3v) is 13.9. The van der Waals surface area contributed by atoms with Gasteiger partial charge in [-0.1, -0.05) is 39.3 Å². The normalized spacial score (nSPS) is 26.1. The first-order valence-electron chi connectivity index (χ1n) is 22.7. The molecule has 2 heterocycles. The molecule has 5 fully saturated rings. The number of aliphatic hydroxyl groups is 1. The van der Waals surface area contributed by atoms with E-state index in [-0.39, 0.29) is 30.9 Å². The van der Waals surface area contributed by atoms with Crippen molar-refractivity contribution in [2.75, 3.05) is 32.7 Å². The number of rotatable bonds is 22. The Labute approximate surface area is 367 Å². The van der Waals surface area contributed by atoms with Crippen molar-refractivity contribution >= 4 is 36.7 Å². The largest absolute Gasteiger partial charge is 0.497 e. The highest BCUT2D eigenvalue weighted by Gasteiger charge is 2.68. The van der Waals surface area contributed by atoms with E-state index < -0.39 is 78.7 Å². The summed E-state index contributed by atoms with van der Waals surface area (Å²) < 4.78 is 12.6. The zero-order valence-corrected chi connectivity index (χ0v) is 37.3. The van der Waals surface area contributed by atoms with E-state index >= 15 is 0 Å². The SMILES string of the molecule is CCCCN1CCC(c2ccc(C(=O)N[C@@H](CCN)C(=O)N[C@H](C(=O)N[C@@H](N)C(=O)N[C@@H](CCCCN)C(=O)N[C@@H](N)B3OC4C[C@@H]5C[C@@H](C5(C)C)[C@]4(C)O3)[C@@H](C)O)cc2)CC1. The van der Waals surface area contributed by atoms with Crippen LogP contribution in [0.2, 0.25) is 0 Å². The van der Waals surface area contributed by atoms with Crippen molar-refractivity contribution in [2.45, 2.75) is 153 Å². The summed E-state index contributed by atoms with van der Waals surface area (Å²) >= 11 is 0. The monoisotopic (exact) mass is 869 g/mol. The third-order valence-electron chi connectivity index (χ3n) is 13.9. The Bertz CT molecular complexity index is 1700. The second-order valence-corrected chi connectivity index (χ2v) is 18.6. The number of piperidine rings is 1. The molecule has 1 aromatic rings. The van der Waals surface area contributed by atoms with Crippen LogP contribution in [0.25, 0.3) is 0 Å². The summed E-state index contributed by atoms with van der Waals surface area (Å²) in [5.41, 5.74) is 25.1. The van der Waals surface area contributed by atoms with Gasteiger partial charge in [-0.15, -0.1) is 0 Å². The van der Waals surface area contributed by atoms with Crippen molar-refractivity contribution in [2.24, 2.45) is 40.2 Å². The van der Waals surface area contributed by atoms with Crippen molar-refractivity contribution < 1.29 is 38.4 Å². The minimum Gasteiger partial charge on any atom is -0.403 e. The average Bonchev–Trinajstić information content (AvgIpc) is 3.61. The van der Waals surface area contributed by atoms with Crippen LogP contribution in [0.4, 0.5) is 0 Å². The predicted octanol–water partition coefficient (Wildman–Crippen LogP) is -0.338. The fraction of sp³-hybridized carbons (Fsp3) is 0.744. The Balaban J connectivity index is 1.13. The van der Waals surface area contributed by atoms with Crippen LogP contribution in [-0.2, 0) is 28.5 Å². The maximum absolute atomic E-state index is 13.6. The molecule has 62 heavy (non-hydrogen) atoms. The van der Waals surface area contributed by atoms with Crippen LogP contribution in [0.5, 0.6) is 0 Å². The molecule has 6 rings (SSSR count). The van der Waals surface area contributed by atoms with Crippen molar-refractivity contribution in [1.82, 2.24) is 31.5 Å². The van der Waals surface area contributed by atoms with Gasteiger partial charge in [0.2, 0.25) is 17.7 Å². The van der Waals surface area contributed by atoms with E-state index in [1.807, 2.05) is 19.1 Å². The summed E-state index contributed by atoms with van der Waals surface area (Å²) in [6, 6.07) is 2.51. The van der Waals surface area contributed by atoms with E-state index in [4.69, 9.17) is 32.2 Å². The van der Waals surface area contributed by atoms with Crippen LogP contribution in [0.1, 0.15) is 121 Å². The lowest BCUT2D eigenvalue weighted by Crippen LogP contribution is -2.65. The third kappa shape index (κ3) is 11.7. The molecule has 0 aromatic heterocycles. The van der Waals surface area contributed by atoms with Gasteiger partial charge >= 0.3 is 7.12 Å². The Morgan fingerprint density at radius 3 is 2.11 bits per heavy atom. The second-order valence-electron chi connectivity index (χ2n) is 18.6. The summed E-state index contributed by atoms with van der Waals surface area (Å²) in [5, 5.41) is 23.3. The predicted molar refractivity (Wildman–Crippen MR) is 235 cm³/mol. The highest BCUT2D eigenvalue weighted by atomic mass is 16.7. The van der Waals surface area contributed by atoms with Gasteiger partial charge < -0.3 is 68.8 Å². The van der Waals surface area contributed by atoms with Crippen LogP contribution in [-0.4, -0.2) is 128 Å². The number of nitrogens with zero attached hydrogens (tertiary/aromatic N) is 1. The summed E-state index contributed by atoms with van der Waals surface area (Å²) in [4.78, 5) is 69.6. The number of hydrogen-bond donors (Lipinski definition) is 10. The molecule has 19 heteroatoms.